The van der Waals surface area contributed by atoms with Crippen LogP contribution in [-0.2, 0) is 0 Å². The second-order valence-electron chi connectivity index (χ2n) is 6.35. The summed E-state index contributed by atoms with van der Waals surface area (Å²) in [6, 6.07) is 2.90. The molecule has 0 radical (unpaired) electrons. The molecule has 1 unspecified atom stereocenters. The predicted octanol–water partition coefficient (Wildman–Crippen LogP) is 3.43. The average Bonchev–Trinajstić information content (AvgIpc) is 2.36. The Labute approximate surface area is 122 Å². The summed E-state index contributed by atoms with van der Waals surface area (Å²) >= 11 is 0. The molecular weight excluding hydrogens is 275 g/mol. The van der Waals surface area contributed by atoms with Gasteiger partial charge in [-0.15, -0.1) is 0 Å². The summed E-state index contributed by atoms with van der Waals surface area (Å²) in [5.41, 5.74) is -0.447. The molecule has 1 aromatic carbocycles. The van der Waals surface area contributed by atoms with E-state index in [1.165, 1.54) is 0 Å². The summed E-state index contributed by atoms with van der Waals surface area (Å²) in [6.07, 6.45) is 3.77. The van der Waals surface area contributed by atoms with E-state index in [9.17, 15) is 19.3 Å². The molecule has 1 atom stereocenters. The molecule has 1 aliphatic carbocycles. The number of carbonyl (C=O) groups is 1. The van der Waals surface area contributed by atoms with Gasteiger partial charge in [-0.1, -0.05) is 20.3 Å². The Hall–Kier alpha value is -1.98. The van der Waals surface area contributed by atoms with Gasteiger partial charge in [0.15, 0.2) is 0 Å². The maximum absolute atomic E-state index is 13.3. The molecule has 1 fully saturated rings. The van der Waals surface area contributed by atoms with E-state index in [-0.39, 0.29) is 22.7 Å². The number of nitrogens with zero attached hydrogens (tertiary/aromatic N) is 1. The van der Waals surface area contributed by atoms with Gasteiger partial charge in [0.1, 0.15) is 11.4 Å². The first-order valence-electron chi connectivity index (χ1n) is 7.03. The Morgan fingerprint density at radius 2 is 2.19 bits per heavy atom. The number of nitrogens with one attached hydrogen (secondary N) is 1. The van der Waals surface area contributed by atoms with Crippen LogP contribution in [0, 0.1) is 21.3 Å². The summed E-state index contributed by atoms with van der Waals surface area (Å²) < 4.78 is 13.3. The number of rotatable bonds is 3. The van der Waals surface area contributed by atoms with Crippen LogP contribution in [0.2, 0.25) is 0 Å². The highest BCUT2D eigenvalue weighted by atomic mass is 19.1. The summed E-state index contributed by atoms with van der Waals surface area (Å²) in [4.78, 5) is 22.5. The number of amides is 1. The van der Waals surface area contributed by atoms with Crippen LogP contribution in [0.15, 0.2) is 18.2 Å². The molecule has 1 aromatic rings. The lowest BCUT2D eigenvalue weighted by Crippen LogP contribution is -2.40. The van der Waals surface area contributed by atoms with Crippen LogP contribution in [0.5, 0.6) is 0 Å². The third-order valence-electron chi connectivity index (χ3n) is 3.94. The second kappa shape index (κ2) is 5.79. The van der Waals surface area contributed by atoms with Crippen LogP contribution in [0.1, 0.15) is 49.9 Å². The van der Waals surface area contributed by atoms with Gasteiger partial charge in [-0.05, 0) is 36.8 Å². The largest absolute Gasteiger partial charge is 0.349 e. The van der Waals surface area contributed by atoms with Crippen LogP contribution in [0.4, 0.5) is 10.1 Å². The zero-order valence-electron chi connectivity index (χ0n) is 12.2. The summed E-state index contributed by atoms with van der Waals surface area (Å²) in [7, 11) is 0. The highest BCUT2D eigenvalue weighted by Crippen LogP contribution is 2.35. The number of nitro groups is 1. The Kier molecular flexibility index (Phi) is 4.25. The van der Waals surface area contributed by atoms with E-state index in [0.29, 0.717) is 0 Å². The fourth-order valence-corrected chi connectivity index (χ4v) is 2.93. The van der Waals surface area contributed by atoms with Crippen molar-refractivity contribution in [2.45, 2.75) is 45.6 Å². The van der Waals surface area contributed by atoms with Crippen LogP contribution >= 0.6 is 0 Å². The van der Waals surface area contributed by atoms with E-state index in [1.807, 2.05) is 0 Å². The summed E-state index contributed by atoms with van der Waals surface area (Å²) in [6.45, 7) is 4.27. The van der Waals surface area contributed by atoms with Gasteiger partial charge in [0.05, 0.1) is 4.92 Å². The predicted molar refractivity (Wildman–Crippen MR) is 76.6 cm³/mol. The Morgan fingerprint density at radius 3 is 2.81 bits per heavy atom. The maximum Gasteiger partial charge on any atom is 0.282 e. The third kappa shape index (κ3) is 3.77. The number of benzene rings is 1. The van der Waals surface area contributed by atoms with Crippen molar-refractivity contribution in [3.8, 4) is 0 Å². The molecule has 114 valence electrons. The van der Waals surface area contributed by atoms with E-state index < -0.39 is 16.6 Å². The number of halogens is 1. The molecule has 21 heavy (non-hydrogen) atoms. The fourth-order valence-electron chi connectivity index (χ4n) is 2.93. The third-order valence-corrected chi connectivity index (χ3v) is 3.94. The van der Waals surface area contributed by atoms with Crippen molar-refractivity contribution < 1.29 is 14.1 Å². The van der Waals surface area contributed by atoms with E-state index in [0.717, 1.165) is 43.9 Å². The molecule has 1 amide bonds. The molecule has 0 bridgehead atoms. The molecule has 5 nitrogen and oxygen atoms in total. The lowest BCUT2D eigenvalue weighted by Gasteiger charge is -2.35. The SMILES string of the molecule is CC1(C)CCCC(NC(=O)c2cc(F)ccc2[N+](=O)[O-])C1. The minimum absolute atomic E-state index is 0.0240. The van der Waals surface area contributed by atoms with Crippen molar-refractivity contribution >= 4 is 11.6 Å². The topological polar surface area (TPSA) is 72.2 Å². The molecule has 6 heteroatoms. The standard InChI is InChI=1S/C15H19FN2O3/c1-15(2)7-3-4-11(9-15)17-14(19)12-8-10(16)5-6-13(12)18(20)21/h5-6,8,11H,3-4,7,9H2,1-2H3,(H,17,19). The highest BCUT2D eigenvalue weighted by molar-refractivity contribution is 5.98. The van der Waals surface area contributed by atoms with E-state index in [1.54, 1.807) is 0 Å². The molecule has 1 aliphatic rings. The van der Waals surface area contributed by atoms with Gasteiger partial charge >= 0.3 is 0 Å². The van der Waals surface area contributed by atoms with Crippen molar-refractivity contribution in [2.24, 2.45) is 5.41 Å². The normalized spacial score (nSPS) is 20.8. The van der Waals surface area contributed by atoms with Crippen molar-refractivity contribution in [1.82, 2.24) is 5.32 Å². The lowest BCUT2D eigenvalue weighted by atomic mass is 9.75. The molecule has 0 aromatic heterocycles. The summed E-state index contributed by atoms with van der Waals surface area (Å²) in [5.74, 6) is -1.24. The molecule has 1 N–H and O–H groups in total. The molecule has 2 rings (SSSR count). The Bertz CT molecular complexity index is 572. The maximum atomic E-state index is 13.3. The number of hydrogen-bond acceptors (Lipinski definition) is 3. The van der Waals surface area contributed by atoms with E-state index >= 15 is 0 Å². The number of hydrogen-bond donors (Lipinski definition) is 1. The van der Waals surface area contributed by atoms with Gasteiger partial charge in [-0.25, -0.2) is 4.39 Å². The van der Waals surface area contributed by atoms with Crippen LogP contribution < -0.4 is 5.32 Å². The minimum Gasteiger partial charge on any atom is -0.349 e. The van der Waals surface area contributed by atoms with Crippen LogP contribution in [0.3, 0.4) is 0 Å². The molecule has 1 saturated carbocycles. The van der Waals surface area contributed by atoms with Gasteiger partial charge in [-0.2, -0.15) is 0 Å². The second-order valence-corrected chi connectivity index (χ2v) is 6.35. The van der Waals surface area contributed by atoms with Gasteiger partial charge < -0.3 is 5.32 Å². The van der Waals surface area contributed by atoms with Gasteiger partial charge in [-0.3, -0.25) is 14.9 Å². The molecular formula is C15H19FN2O3. The first-order valence-corrected chi connectivity index (χ1v) is 7.03. The smallest absolute Gasteiger partial charge is 0.282 e. The van der Waals surface area contributed by atoms with Crippen LogP contribution in [0.25, 0.3) is 0 Å². The lowest BCUT2D eigenvalue weighted by molar-refractivity contribution is -0.385. The molecule has 0 spiro atoms. The van der Waals surface area contributed by atoms with Gasteiger partial charge in [0.25, 0.3) is 11.6 Å². The zero-order valence-corrected chi connectivity index (χ0v) is 12.2. The fraction of sp³-hybridized carbons (Fsp3) is 0.533. The average molecular weight is 294 g/mol. The minimum atomic E-state index is -0.667. The first-order chi connectivity index (χ1) is 9.78. The number of carbonyl (C=O) groups excluding carboxylic acids is 1. The van der Waals surface area contributed by atoms with Gasteiger partial charge in [0.2, 0.25) is 0 Å². The van der Waals surface area contributed by atoms with E-state index in [4.69, 9.17) is 0 Å². The molecule has 0 heterocycles. The molecule has 0 saturated heterocycles. The zero-order chi connectivity index (χ0) is 15.6. The Balaban J connectivity index is 2.17. The number of nitro benzene ring substituents is 1. The molecule has 0 aliphatic heterocycles. The van der Waals surface area contributed by atoms with E-state index in [2.05, 4.69) is 19.2 Å². The van der Waals surface area contributed by atoms with Crippen molar-refractivity contribution in [3.63, 3.8) is 0 Å². The highest BCUT2D eigenvalue weighted by Gasteiger charge is 2.30. The van der Waals surface area contributed by atoms with Gasteiger partial charge in [0, 0.05) is 12.1 Å². The monoisotopic (exact) mass is 294 g/mol. The van der Waals surface area contributed by atoms with Crippen LogP contribution in [-0.4, -0.2) is 16.9 Å². The van der Waals surface area contributed by atoms with Crippen molar-refractivity contribution in [1.29, 1.82) is 0 Å². The summed E-state index contributed by atoms with van der Waals surface area (Å²) in [5, 5.41) is 13.7. The first kappa shape index (κ1) is 15.4. The quantitative estimate of drug-likeness (QED) is 0.685. The Morgan fingerprint density at radius 1 is 1.48 bits per heavy atom. The van der Waals surface area contributed by atoms with Crippen molar-refractivity contribution in [3.05, 3.63) is 39.7 Å². The van der Waals surface area contributed by atoms with Crippen molar-refractivity contribution in [2.75, 3.05) is 0 Å².